The Balaban J connectivity index is 0.000000330. The van der Waals surface area contributed by atoms with Crippen LogP contribution in [0.3, 0.4) is 0 Å². The molecule has 9 nitrogen and oxygen atoms in total. The summed E-state index contributed by atoms with van der Waals surface area (Å²) < 4.78 is 16.1. The van der Waals surface area contributed by atoms with Gasteiger partial charge in [0.15, 0.2) is 11.5 Å². The van der Waals surface area contributed by atoms with Crippen molar-refractivity contribution in [2.24, 2.45) is 0 Å². The van der Waals surface area contributed by atoms with Crippen molar-refractivity contribution in [2.75, 3.05) is 58.2 Å². The van der Waals surface area contributed by atoms with E-state index >= 15 is 0 Å². The number of methoxy groups -OCH3 is 3. The molecule has 4 rings (SSSR count). The maximum absolute atomic E-state index is 10.7. The molecule has 3 aromatic rings. The van der Waals surface area contributed by atoms with Gasteiger partial charge in [0.1, 0.15) is 5.82 Å². The smallest absolute Gasteiger partial charge is 0.785 e. The SMILES string of the molecule is CC(CN(C)[O-])c1ccccc1.COc1cc(Nc2nccc(N3CCCCC3)n2)cc(OC)c1OC.[K+]. The summed E-state index contributed by atoms with van der Waals surface area (Å²) in [6.45, 7) is 4.70. The maximum atomic E-state index is 10.7. The number of nitrogens with zero attached hydrogens (tertiary/aromatic N) is 4. The minimum absolute atomic E-state index is 0. The summed E-state index contributed by atoms with van der Waals surface area (Å²) in [6, 6.07) is 15.7. The molecule has 0 spiro atoms. The number of hydroxylamine groups is 2. The Labute approximate surface area is 268 Å². The third-order valence-corrected chi connectivity index (χ3v) is 6.14. The van der Waals surface area contributed by atoms with Crippen LogP contribution in [-0.2, 0) is 0 Å². The zero-order valence-electron chi connectivity index (χ0n) is 23.4. The van der Waals surface area contributed by atoms with Crippen LogP contribution in [0.5, 0.6) is 17.2 Å². The summed E-state index contributed by atoms with van der Waals surface area (Å²) in [5.74, 6) is 3.52. The minimum atomic E-state index is 0. The van der Waals surface area contributed by atoms with Gasteiger partial charge < -0.3 is 34.7 Å². The average Bonchev–Trinajstić information content (AvgIpc) is 2.93. The van der Waals surface area contributed by atoms with Crippen LogP contribution in [0.1, 0.15) is 37.7 Å². The average molecular weight is 548 g/mol. The van der Waals surface area contributed by atoms with Crippen LogP contribution >= 0.6 is 0 Å². The Bertz CT molecular complexity index is 1070. The van der Waals surface area contributed by atoms with E-state index in [2.05, 4.69) is 27.1 Å². The fourth-order valence-electron chi connectivity index (χ4n) is 4.26. The standard InChI is InChI=1S/C18H24N4O3.C10H14NO.K/c1-23-14-11-13(12-15(24-2)17(14)25-3)20-18-19-8-7-16(21-18)22-9-5-4-6-10-22;1-9(8-11(2)12)10-6-4-3-5-7-10;/h7-8,11-12H,4-6,9-10H2,1-3H3,(H,19,20,21);3-7,9H,8H2,1-2H3;/q;-1;+1. The van der Waals surface area contributed by atoms with Gasteiger partial charge in [-0.2, -0.15) is 4.98 Å². The molecule has 10 heteroatoms. The van der Waals surface area contributed by atoms with Crippen molar-refractivity contribution in [3.05, 3.63) is 65.5 Å². The predicted molar refractivity (Wildman–Crippen MR) is 148 cm³/mol. The first-order valence-electron chi connectivity index (χ1n) is 12.5. The van der Waals surface area contributed by atoms with Gasteiger partial charge in [-0.15, -0.1) is 0 Å². The molecule has 0 bridgehead atoms. The Morgan fingerprint density at radius 1 is 0.974 bits per heavy atom. The van der Waals surface area contributed by atoms with Crippen molar-refractivity contribution in [1.29, 1.82) is 0 Å². The minimum Gasteiger partial charge on any atom is -0.785 e. The number of benzene rings is 2. The van der Waals surface area contributed by atoms with Crippen LogP contribution in [-0.4, -0.2) is 63.0 Å². The van der Waals surface area contributed by atoms with Gasteiger partial charge in [-0.3, -0.25) is 0 Å². The van der Waals surface area contributed by atoms with E-state index < -0.39 is 0 Å². The normalized spacial score (nSPS) is 13.5. The van der Waals surface area contributed by atoms with E-state index in [4.69, 9.17) is 14.2 Å². The number of aromatic nitrogens is 2. The van der Waals surface area contributed by atoms with E-state index in [0.29, 0.717) is 35.7 Å². The van der Waals surface area contributed by atoms with Gasteiger partial charge in [-0.25, -0.2) is 4.98 Å². The monoisotopic (exact) mass is 547 g/mol. The Kier molecular flexibility index (Phi) is 14.4. The van der Waals surface area contributed by atoms with Crippen LogP contribution in [0.4, 0.5) is 17.5 Å². The van der Waals surface area contributed by atoms with Crippen LogP contribution in [0.2, 0.25) is 0 Å². The van der Waals surface area contributed by atoms with Gasteiger partial charge in [0, 0.05) is 37.1 Å². The molecule has 1 unspecified atom stereocenters. The molecule has 0 radical (unpaired) electrons. The zero-order valence-corrected chi connectivity index (χ0v) is 26.6. The molecule has 38 heavy (non-hydrogen) atoms. The first-order valence-corrected chi connectivity index (χ1v) is 12.5. The molecule has 0 amide bonds. The molecule has 0 saturated carbocycles. The fraction of sp³-hybridized carbons (Fsp3) is 0.429. The number of anilines is 3. The van der Waals surface area contributed by atoms with Crippen LogP contribution in [0.15, 0.2) is 54.7 Å². The Morgan fingerprint density at radius 2 is 1.61 bits per heavy atom. The molecule has 1 aliphatic heterocycles. The van der Waals surface area contributed by atoms with Crippen molar-refractivity contribution in [3.8, 4) is 17.2 Å². The van der Waals surface area contributed by atoms with Gasteiger partial charge in [0.05, 0.1) is 21.3 Å². The molecule has 0 aliphatic carbocycles. The zero-order chi connectivity index (χ0) is 26.6. The second kappa shape index (κ2) is 16.9. The van der Waals surface area contributed by atoms with Gasteiger partial charge >= 0.3 is 51.4 Å². The van der Waals surface area contributed by atoms with Crippen molar-refractivity contribution in [2.45, 2.75) is 32.1 Å². The predicted octanol–water partition coefficient (Wildman–Crippen LogP) is 2.46. The van der Waals surface area contributed by atoms with Crippen molar-refractivity contribution >= 4 is 17.5 Å². The molecule has 2 heterocycles. The molecule has 1 atom stereocenters. The maximum Gasteiger partial charge on any atom is 1.00 e. The second-order valence-electron chi connectivity index (χ2n) is 8.95. The van der Waals surface area contributed by atoms with Gasteiger partial charge in [-0.1, -0.05) is 37.3 Å². The molecule has 1 aromatic heterocycles. The van der Waals surface area contributed by atoms with Crippen LogP contribution in [0, 0.1) is 5.21 Å². The topological polar surface area (TPSA) is 95.0 Å². The van der Waals surface area contributed by atoms with Gasteiger partial charge in [0.2, 0.25) is 11.7 Å². The largest absolute Gasteiger partial charge is 1.00 e. The third-order valence-electron chi connectivity index (χ3n) is 6.14. The molecule has 2 aromatic carbocycles. The summed E-state index contributed by atoms with van der Waals surface area (Å²) in [5.41, 5.74) is 1.99. The molecule has 1 N–H and O–H groups in total. The van der Waals surface area contributed by atoms with Crippen LogP contribution < -0.4 is 75.8 Å². The summed E-state index contributed by atoms with van der Waals surface area (Å²) >= 11 is 0. The quantitative estimate of drug-likeness (QED) is 0.320. The number of nitrogens with one attached hydrogen (secondary N) is 1. The van der Waals surface area contributed by atoms with E-state index in [9.17, 15) is 5.21 Å². The van der Waals surface area contributed by atoms with E-state index in [1.165, 1.54) is 24.8 Å². The van der Waals surface area contributed by atoms with Crippen molar-refractivity contribution in [1.82, 2.24) is 15.0 Å². The van der Waals surface area contributed by atoms with Crippen molar-refractivity contribution in [3.63, 3.8) is 0 Å². The first kappa shape index (κ1) is 32.3. The number of hydrogen-bond acceptors (Lipinski definition) is 9. The van der Waals surface area contributed by atoms with Gasteiger partial charge in [-0.05, 0) is 50.4 Å². The molecule has 1 fully saturated rings. The van der Waals surface area contributed by atoms with E-state index in [1.807, 2.05) is 48.5 Å². The number of piperidine rings is 1. The third kappa shape index (κ3) is 9.67. The molecular weight excluding hydrogens is 509 g/mol. The fourth-order valence-corrected chi connectivity index (χ4v) is 4.26. The Morgan fingerprint density at radius 3 is 2.16 bits per heavy atom. The van der Waals surface area contributed by atoms with E-state index in [-0.39, 0.29) is 51.4 Å². The first-order chi connectivity index (χ1) is 17.9. The number of hydrogen-bond donors (Lipinski definition) is 1. The van der Waals surface area contributed by atoms with Gasteiger partial charge in [0.25, 0.3) is 0 Å². The molecule has 1 aliphatic rings. The van der Waals surface area contributed by atoms with Crippen LogP contribution in [0.25, 0.3) is 0 Å². The molecular formula is C28H38KN5O4. The summed E-state index contributed by atoms with van der Waals surface area (Å²) in [4.78, 5) is 11.3. The Hall–Kier alpha value is -1.92. The number of rotatable bonds is 9. The molecule has 1 saturated heterocycles. The number of likely N-dealkylation sites (N-methyl/N-ethyl adjacent to an activating group) is 1. The van der Waals surface area contributed by atoms with Crippen molar-refractivity contribution < 1.29 is 65.6 Å². The summed E-state index contributed by atoms with van der Waals surface area (Å²) in [7, 11) is 6.32. The molecule has 200 valence electrons. The number of ether oxygens (including phenoxy) is 3. The van der Waals surface area contributed by atoms with E-state index in [1.54, 1.807) is 34.6 Å². The summed E-state index contributed by atoms with van der Waals surface area (Å²) in [5, 5.41) is 14.9. The summed E-state index contributed by atoms with van der Waals surface area (Å²) in [6.07, 6.45) is 5.48. The van der Waals surface area contributed by atoms with E-state index in [0.717, 1.165) is 29.7 Å². The second-order valence-corrected chi connectivity index (χ2v) is 8.95.